The van der Waals surface area contributed by atoms with E-state index in [1.54, 1.807) is 6.20 Å². The summed E-state index contributed by atoms with van der Waals surface area (Å²) in [4.78, 5) is 4.18. The highest BCUT2D eigenvalue weighted by Crippen LogP contribution is 2.21. The van der Waals surface area contributed by atoms with Gasteiger partial charge in [-0.05, 0) is 42.7 Å². The lowest BCUT2D eigenvalue weighted by Crippen LogP contribution is -2.06. The van der Waals surface area contributed by atoms with Crippen LogP contribution in [0, 0.1) is 13.8 Å². The van der Waals surface area contributed by atoms with E-state index < -0.39 is 6.10 Å². The molecular weight excluding hydrogens is 210 g/mol. The minimum absolute atomic E-state index is 0.531. The van der Waals surface area contributed by atoms with Crippen LogP contribution in [0.2, 0.25) is 0 Å². The monoisotopic (exact) mass is 227 g/mol. The summed E-state index contributed by atoms with van der Waals surface area (Å²) in [7, 11) is 0. The van der Waals surface area contributed by atoms with E-state index in [9.17, 15) is 5.11 Å². The summed E-state index contributed by atoms with van der Waals surface area (Å²) >= 11 is 0. The third-order valence-electron chi connectivity index (χ3n) is 3.07. The van der Waals surface area contributed by atoms with Crippen LogP contribution in [0.1, 0.15) is 28.5 Å². The maximum absolute atomic E-state index is 10.2. The Labute approximate surface area is 102 Å². The third kappa shape index (κ3) is 2.71. The highest BCUT2D eigenvalue weighted by atomic mass is 16.3. The molecule has 0 saturated carbocycles. The topological polar surface area (TPSA) is 33.1 Å². The zero-order valence-electron chi connectivity index (χ0n) is 10.2. The van der Waals surface area contributed by atoms with Gasteiger partial charge in [0.2, 0.25) is 0 Å². The third-order valence-corrected chi connectivity index (χ3v) is 3.07. The fraction of sp³-hybridized carbons (Fsp3) is 0.267. The molecule has 0 aliphatic heterocycles. The van der Waals surface area contributed by atoms with Crippen molar-refractivity contribution in [3.63, 3.8) is 0 Å². The number of rotatable bonds is 3. The molecule has 2 heteroatoms. The van der Waals surface area contributed by atoms with Gasteiger partial charge >= 0.3 is 0 Å². The summed E-state index contributed by atoms with van der Waals surface area (Å²) in [5.74, 6) is 0. The molecule has 0 aliphatic rings. The molecule has 0 spiro atoms. The number of benzene rings is 1. The van der Waals surface area contributed by atoms with Crippen LogP contribution in [0.15, 0.2) is 42.6 Å². The number of hydrogen-bond acceptors (Lipinski definition) is 2. The Morgan fingerprint density at radius 2 is 1.76 bits per heavy atom. The summed E-state index contributed by atoms with van der Waals surface area (Å²) in [5.41, 5.74) is 4.39. The lowest BCUT2D eigenvalue weighted by molar-refractivity contribution is 0.173. The van der Waals surface area contributed by atoms with Crippen molar-refractivity contribution in [3.05, 3.63) is 65.0 Å². The Morgan fingerprint density at radius 3 is 2.35 bits per heavy atom. The first-order chi connectivity index (χ1) is 8.18. The lowest BCUT2D eigenvalue weighted by atomic mass is 9.96. The summed E-state index contributed by atoms with van der Waals surface area (Å²) in [5, 5.41) is 10.2. The molecule has 0 fully saturated rings. The number of nitrogens with zero attached hydrogens (tertiary/aromatic N) is 1. The molecule has 1 N–H and O–H groups in total. The Hall–Kier alpha value is -1.67. The van der Waals surface area contributed by atoms with Crippen LogP contribution in [-0.4, -0.2) is 10.1 Å². The molecular formula is C15H17NO. The van der Waals surface area contributed by atoms with E-state index in [1.165, 1.54) is 16.7 Å². The second kappa shape index (κ2) is 5.11. The molecule has 1 unspecified atom stereocenters. The van der Waals surface area contributed by atoms with Crippen LogP contribution in [0.3, 0.4) is 0 Å². The van der Waals surface area contributed by atoms with E-state index in [4.69, 9.17) is 0 Å². The van der Waals surface area contributed by atoms with Crippen molar-refractivity contribution >= 4 is 0 Å². The molecule has 0 amide bonds. The standard InChI is InChI=1S/C15H17NO/c1-11-6-5-7-12(2)13(11)10-15(17)14-8-3-4-9-16-14/h3-9,15,17H,10H2,1-2H3. The first kappa shape index (κ1) is 11.8. The van der Waals surface area contributed by atoms with Crippen molar-refractivity contribution in [2.75, 3.05) is 0 Å². The van der Waals surface area contributed by atoms with Gasteiger partial charge in [-0.1, -0.05) is 24.3 Å². The SMILES string of the molecule is Cc1cccc(C)c1CC(O)c1ccccn1. The van der Waals surface area contributed by atoms with E-state index in [-0.39, 0.29) is 0 Å². The summed E-state index contributed by atoms with van der Waals surface area (Å²) in [6.45, 7) is 4.15. The van der Waals surface area contributed by atoms with Crippen LogP contribution in [0.4, 0.5) is 0 Å². The number of aryl methyl sites for hydroxylation is 2. The van der Waals surface area contributed by atoms with Gasteiger partial charge in [-0.25, -0.2) is 0 Å². The molecule has 0 aliphatic carbocycles. The molecule has 0 bridgehead atoms. The zero-order valence-corrected chi connectivity index (χ0v) is 10.2. The van der Waals surface area contributed by atoms with Crippen LogP contribution in [-0.2, 0) is 6.42 Å². The number of aromatic nitrogens is 1. The Bertz CT molecular complexity index is 473. The first-order valence-electron chi connectivity index (χ1n) is 5.82. The molecule has 1 heterocycles. The minimum atomic E-state index is -0.531. The molecule has 1 aromatic carbocycles. The van der Waals surface area contributed by atoms with Crippen molar-refractivity contribution in [3.8, 4) is 0 Å². The summed E-state index contributed by atoms with van der Waals surface area (Å²) < 4.78 is 0. The van der Waals surface area contributed by atoms with Crippen LogP contribution >= 0.6 is 0 Å². The van der Waals surface area contributed by atoms with E-state index in [0.29, 0.717) is 6.42 Å². The van der Waals surface area contributed by atoms with Crippen LogP contribution in [0.25, 0.3) is 0 Å². The molecule has 2 aromatic rings. The number of aliphatic hydroxyl groups excluding tert-OH is 1. The van der Waals surface area contributed by atoms with Crippen LogP contribution in [0.5, 0.6) is 0 Å². The fourth-order valence-electron chi connectivity index (χ4n) is 2.04. The average molecular weight is 227 g/mol. The number of hydrogen-bond donors (Lipinski definition) is 1. The smallest absolute Gasteiger partial charge is 0.1000 e. The van der Waals surface area contributed by atoms with Crippen LogP contribution < -0.4 is 0 Å². The Kier molecular flexibility index (Phi) is 3.55. The molecule has 17 heavy (non-hydrogen) atoms. The number of pyridine rings is 1. The summed E-state index contributed by atoms with van der Waals surface area (Å²) in [6.07, 6.45) is 1.80. The van der Waals surface area contributed by atoms with Crippen molar-refractivity contribution < 1.29 is 5.11 Å². The van der Waals surface area contributed by atoms with E-state index in [2.05, 4.69) is 31.0 Å². The average Bonchev–Trinajstić information content (AvgIpc) is 2.35. The van der Waals surface area contributed by atoms with E-state index in [0.717, 1.165) is 5.69 Å². The minimum Gasteiger partial charge on any atom is -0.386 e. The molecule has 1 atom stereocenters. The highest BCUT2D eigenvalue weighted by Gasteiger charge is 2.12. The maximum atomic E-state index is 10.2. The summed E-state index contributed by atoms with van der Waals surface area (Å²) in [6, 6.07) is 11.8. The molecule has 0 saturated heterocycles. The number of aliphatic hydroxyl groups is 1. The van der Waals surface area contributed by atoms with Crippen molar-refractivity contribution in [1.29, 1.82) is 0 Å². The Balaban J connectivity index is 2.22. The van der Waals surface area contributed by atoms with Crippen molar-refractivity contribution in [1.82, 2.24) is 4.98 Å². The van der Waals surface area contributed by atoms with Gasteiger partial charge in [0.15, 0.2) is 0 Å². The lowest BCUT2D eigenvalue weighted by Gasteiger charge is -2.14. The van der Waals surface area contributed by atoms with Crippen molar-refractivity contribution in [2.45, 2.75) is 26.4 Å². The first-order valence-corrected chi connectivity index (χ1v) is 5.82. The largest absolute Gasteiger partial charge is 0.386 e. The van der Waals surface area contributed by atoms with Gasteiger partial charge < -0.3 is 5.11 Å². The second-order valence-corrected chi connectivity index (χ2v) is 4.34. The zero-order chi connectivity index (χ0) is 12.3. The fourth-order valence-corrected chi connectivity index (χ4v) is 2.04. The molecule has 2 nitrogen and oxygen atoms in total. The molecule has 2 rings (SSSR count). The van der Waals surface area contributed by atoms with Gasteiger partial charge in [0.25, 0.3) is 0 Å². The van der Waals surface area contributed by atoms with E-state index >= 15 is 0 Å². The van der Waals surface area contributed by atoms with Gasteiger partial charge in [-0.15, -0.1) is 0 Å². The van der Waals surface area contributed by atoms with Gasteiger partial charge in [0.1, 0.15) is 0 Å². The predicted octanol–water partition coefficient (Wildman–Crippen LogP) is 2.97. The second-order valence-electron chi connectivity index (χ2n) is 4.34. The Morgan fingerprint density at radius 1 is 1.06 bits per heavy atom. The van der Waals surface area contributed by atoms with Gasteiger partial charge in [-0.2, -0.15) is 0 Å². The van der Waals surface area contributed by atoms with E-state index in [1.807, 2.05) is 24.3 Å². The molecule has 0 radical (unpaired) electrons. The molecule has 1 aromatic heterocycles. The van der Waals surface area contributed by atoms with Gasteiger partial charge in [-0.3, -0.25) is 4.98 Å². The quantitative estimate of drug-likeness (QED) is 0.874. The van der Waals surface area contributed by atoms with Gasteiger partial charge in [0, 0.05) is 12.6 Å². The molecule has 88 valence electrons. The normalized spacial score (nSPS) is 12.4. The maximum Gasteiger partial charge on any atom is 0.1000 e. The highest BCUT2D eigenvalue weighted by molar-refractivity contribution is 5.34. The van der Waals surface area contributed by atoms with Crippen molar-refractivity contribution in [2.24, 2.45) is 0 Å². The predicted molar refractivity (Wildman–Crippen MR) is 68.8 cm³/mol. The van der Waals surface area contributed by atoms with Gasteiger partial charge in [0.05, 0.1) is 11.8 Å².